The molecule has 0 unspecified atom stereocenters. The van der Waals surface area contributed by atoms with E-state index in [-0.39, 0.29) is 42.2 Å². The van der Waals surface area contributed by atoms with E-state index in [1.807, 2.05) is 46.2 Å². The third-order valence-corrected chi connectivity index (χ3v) is 5.34. The van der Waals surface area contributed by atoms with Gasteiger partial charge in [0, 0.05) is 44.3 Å². The molecule has 1 aliphatic rings. The largest absolute Gasteiger partial charge is 0.508 e. The molecule has 31 heavy (non-hydrogen) atoms. The van der Waals surface area contributed by atoms with Gasteiger partial charge in [-0.3, -0.25) is 9.79 Å². The number of aromatic hydroxyl groups is 1. The molecule has 2 aromatic rings. The maximum absolute atomic E-state index is 12.6. The van der Waals surface area contributed by atoms with Crippen LogP contribution in [0.2, 0.25) is 5.02 Å². The Labute approximate surface area is 205 Å². The SMILES string of the molecule is CN=C(NCCc1ccc(OC)cc1O)N1CCN(Cc2ccc(Cl)cc2)C(=O)C1.I. The fourth-order valence-electron chi connectivity index (χ4n) is 3.39. The van der Waals surface area contributed by atoms with Gasteiger partial charge in [0.15, 0.2) is 5.96 Å². The zero-order chi connectivity index (χ0) is 21.5. The molecule has 0 bridgehead atoms. The van der Waals surface area contributed by atoms with E-state index in [9.17, 15) is 9.90 Å². The molecule has 168 valence electrons. The van der Waals surface area contributed by atoms with Crippen LogP contribution in [0.25, 0.3) is 0 Å². The lowest BCUT2D eigenvalue weighted by atomic mass is 10.1. The summed E-state index contributed by atoms with van der Waals surface area (Å²) in [5.41, 5.74) is 1.88. The highest BCUT2D eigenvalue weighted by Gasteiger charge is 2.25. The van der Waals surface area contributed by atoms with E-state index >= 15 is 0 Å². The first-order valence-electron chi connectivity index (χ1n) is 9.84. The smallest absolute Gasteiger partial charge is 0.242 e. The molecule has 0 aromatic heterocycles. The maximum atomic E-state index is 12.6. The lowest BCUT2D eigenvalue weighted by Crippen LogP contribution is -2.55. The second kappa shape index (κ2) is 12.0. The van der Waals surface area contributed by atoms with Crippen LogP contribution in [0.3, 0.4) is 0 Å². The van der Waals surface area contributed by atoms with E-state index in [4.69, 9.17) is 16.3 Å². The van der Waals surface area contributed by atoms with Gasteiger partial charge in [0.25, 0.3) is 0 Å². The topological polar surface area (TPSA) is 77.4 Å². The molecule has 0 radical (unpaired) electrons. The fourth-order valence-corrected chi connectivity index (χ4v) is 3.52. The van der Waals surface area contributed by atoms with Gasteiger partial charge in [0.1, 0.15) is 11.5 Å². The van der Waals surface area contributed by atoms with Gasteiger partial charge in [-0.1, -0.05) is 29.8 Å². The number of methoxy groups -OCH3 is 1. The van der Waals surface area contributed by atoms with E-state index in [0.29, 0.717) is 49.3 Å². The van der Waals surface area contributed by atoms with E-state index in [1.54, 1.807) is 20.2 Å². The molecule has 9 heteroatoms. The summed E-state index contributed by atoms with van der Waals surface area (Å²) in [6, 6.07) is 12.8. The van der Waals surface area contributed by atoms with Crippen LogP contribution in [0.15, 0.2) is 47.5 Å². The predicted molar refractivity (Wildman–Crippen MR) is 134 cm³/mol. The van der Waals surface area contributed by atoms with Crippen LogP contribution < -0.4 is 10.1 Å². The molecule has 2 N–H and O–H groups in total. The quantitative estimate of drug-likeness (QED) is 0.324. The second-order valence-corrected chi connectivity index (χ2v) is 7.52. The van der Waals surface area contributed by atoms with Gasteiger partial charge in [-0.2, -0.15) is 0 Å². The van der Waals surface area contributed by atoms with Crippen molar-refractivity contribution in [3.05, 3.63) is 58.6 Å². The number of hydrogen-bond acceptors (Lipinski definition) is 4. The molecular formula is C22H28ClIN4O3. The first-order chi connectivity index (χ1) is 14.5. The average molecular weight is 559 g/mol. The Morgan fingerprint density at radius 3 is 2.58 bits per heavy atom. The maximum Gasteiger partial charge on any atom is 0.242 e. The van der Waals surface area contributed by atoms with Crippen LogP contribution >= 0.6 is 35.6 Å². The molecule has 1 saturated heterocycles. The molecular weight excluding hydrogens is 531 g/mol. The summed E-state index contributed by atoms with van der Waals surface area (Å²) >= 11 is 5.93. The predicted octanol–water partition coefficient (Wildman–Crippen LogP) is 3.13. The van der Waals surface area contributed by atoms with E-state index < -0.39 is 0 Å². The van der Waals surface area contributed by atoms with Crippen LogP contribution in [-0.4, -0.2) is 67.1 Å². The Morgan fingerprint density at radius 1 is 1.23 bits per heavy atom. The summed E-state index contributed by atoms with van der Waals surface area (Å²) in [6.45, 7) is 2.77. The van der Waals surface area contributed by atoms with Crippen LogP contribution in [0.5, 0.6) is 11.5 Å². The standard InChI is InChI=1S/C22H27ClN4O3.HI/c1-24-22(25-10-9-17-5-8-19(30-2)13-20(17)28)27-12-11-26(21(29)15-27)14-16-3-6-18(23)7-4-16;/h3-8,13,28H,9-12,14-15H2,1-2H3,(H,24,25);1H. The van der Waals surface area contributed by atoms with Gasteiger partial charge >= 0.3 is 0 Å². The Hall–Kier alpha value is -2.20. The molecule has 2 aromatic carbocycles. The van der Waals surface area contributed by atoms with Crippen LogP contribution in [0, 0.1) is 0 Å². The number of guanidine groups is 1. The highest BCUT2D eigenvalue weighted by molar-refractivity contribution is 14.0. The first-order valence-corrected chi connectivity index (χ1v) is 10.2. The van der Waals surface area contributed by atoms with E-state index in [0.717, 1.165) is 11.1 Å². The molecule has 1 fully saturated rings. The monoisotopic (exact) mass is 558 g/mol. The van der Waals surface area contributed by atoms with Gasteiger partial charge in [0.05, 0.1) is 13.7 Å². The number of carbonyl (C=O) groups excluding carboxylic acids is 1. The molecule has 0 spiro atoms. The lowest BCUT2D eigenvalue weighted by Gasteiger charge is -2.36. The van der Waals surface area contributed by atoms with Crippen molar-refractivity contribution in [1.82, 2.24) is 15.1 Å². The third-order valence-electron chi connectivity index (χ3n) is 5.09. The van der Waals surface area contributed by atoms with Crippen molar-refractivity contribution in [3.63, 3.8) is 0 Å². The number of phenols is 1. The van der Waals surface area contributed by atoms with Gasteiger partial charge in [0.2, 0.25) is 5.91 Å². The van der Waals surface area contributed by atoms with Crippen molar-refractivity contribution >= 4 is 47.4 Å². The van der Waals surface area contributed by atoms with E-state index in [2.05, 4.69) is 10.3 Å². The molecule has 7 nitrogen and oxygen atoms in total. The summed E-state index contributed by atoms with van der Waals surface area (Å²) in [5, 5.41) is 14.1. The Balaban J connectivity index is 0.00000341. The number of phenolic OH excluding ortho intramolecular Hbond substituents is 1. The van der Waals surface area contributed by atoms with Crippen molar-refractivity contribution < 1.29 is 14.6 Å². The minimum atomic E-state index is 0. The summed E-state index contributed by atoms with van der Waals surface area (Å²) in [7, 11) is 3.27. The van der Waals surface area contributed by atoms with Crippen LogP contribution in [0.4, 0.5) is 0 Å². The lowest BCUT2D eigenvalue weighted by molar-refractivity contribution is -0.135. The molecule has 0 atom stereocenters. The summed E-state index contributed by atoms with van der Waals surface area (Å²) in [5.74, 6) is 1.57. The van der Waals surface area contributed by atoms with Gasteiger partial charge in [-0.05, 0) is 35.7 Å². The summed E-state index contributed by atoms with van der Waals surface area (Å²) in [6.07, 6.45) is 0.624. The Bertz CT molecular complexity index is 908. The van der Waals surface area contributed by atoms with Crippen molar-refractivity contribution in [2.45, 2.75) is 13.0 Å². The summed E-state index contributed by atoms with van der Waals surface area (Å²) in [4.78, 5) is 20.7. The molecule has 1 aliphatic heterocycles. The summed E-state index contributed by atoms with van der Waals surface area (Å²) < 4.78 is 5.11. The third kappa shape index (κ3) is 6.90. The first kappa shape index (κ1) is 25.1. The molecule has 0 saturated carbocycles. The number of nitrogens with zero attached hydrogens (tertiary/aromatic N) is 3. The number of halogens is 2. The normalized spacial score (nSPS) is 14.3. The number of nitrogens with one attached hydrogen (secondary N) is 1. The van der Waals surface area contributed by atoms with Crippen LogP contribution in [-0.2, 0) is 17.8 Å². The van der Waals surface area contributed by atoms with Crippen LogP contribution in [0.1, 0.15) is 11.1 Å². The zero-order valence-electron chi connectivity index (χ0n) is 17.7. The number of rotatable bonds is 6. The fraction of sp³-hybridized carbons (Fsp3) is 0.364. The number of amides is 1. The number of aliphatic imine (C=N–C) groups is 1. The number of piperazine rings is 1. The zero-order valence-corrected chi connectivity index (χ0v) is 20.8. The van der Waals surface area contributed by atoms with Crippen molar-refractivity contribution in [3.8, 4) is 11.5 Å². The Morgan fingerprint density at radius 2 is 1.97 bits per heavy atom. The number of hydrogen-bond donors (Lipinski definition) is 2. The van der Waals surface area contributed by atoms with E-state index in [1.165, 1.54) is 0 Å². The number of carbonyl (C=O) groups is 1. The number of ether oxygens (including phenoxy) is 1. The molecule has 1 heterocycles. The van der Waals surface area contributed by atoms with Crippen molar-refractivity contribution in [2.24, 2.45) is 4.99 Å². The highest BCUT2D eigenvalue weighted by Crippen LogP contribution is 2.23. The average Bonchev–Trinajstić information content (AvgIpc) is 2.75. The Kier molecular flexibility index (Phi) is 9.70. The molecule has 3 rings (SSSR count). The minimum absolute atomic E-state index is 0. The van der Waals surface area contributed by atoms with Crippen molar-refractivity contribution in [2.75, 3.05) is 40.3 Å². The van der Waals surface area contributed by atoms with Gasteiger partial charge < -0.3 is 25.0 Å². The van der Waals surface area contributed by atoms with Gasteiger partial charge in [-0.15, -0.1) is 24.0 Å². The van der Waals surface area contributed by atoms with Gasteiger partial charge in [-0.25, -0.2) is 0 Å². The van der Waals surface area contributed by atoms with Crippen molar-refractivity contribution in [1.29, 1.82) is 0 Å². The highest BCUT2D eigenvalue weighted by atomic mass is 127. The minimum Gasteiger partial charge on any atom is -0.508 e. The molecule has 0 aliphatic carbocycles. The molecule has 1 amide bonds. The second-order valence-electron chi connectivity index (χ2n) is 7.08. The number of benzene rings is 2.